The van der Waals surface area contributed by atoms with Crippen molar-refractivity contribution in [1.82, 2.24) is 0 Å². The molecule has 0 aliphatic carbocycles. The predicted molar refractivity (Wildman–Crippen MR) is 69.9 cm³/mol. The van der Waals surface area contributed by atoms with Crippen LogP contribution in [0, 0.1) is 17.5 Å². The highest BCUT2D eigenvalue weighted by atomic mass is 19.2. The quantitative estimate of drug-likeness (QED) is 0.621. The minimum atomic E-state index is -1.41. The Labute approximate surface area is 120 Å². The summed E-state index contributed by atoms with van der Waals surface area (Å²) in [6, 6.07) is 0.657. The van der Waals surface area contributed by atoms with Crippen LogP contribution in [0.5, 0.6) is 0 Å². The van der Waals surface area contributed by atoms with Gasteiger partial charge in [-0.15, -0.1) is 0 Å². The van der Waals surface area contributed by atoms with Crippen molar-refractivity contribution in [2.24, 2.45) is 0 Å². The summed E-state index contributed by atoms with van der Waals surface area (Å²) in [4.78, 5) is 12.7. The molecule has 2 atom stereocenters. The van der Waals surface area contributed by atoms with Crippen molar-refractivity contribution < 1.29 is 27.4 Å². The number of hydrogen-bond donors (Lipinski definition) is 0. The second-order valence-corrected chi connectivity index (χ2v) is 5.04. The normalized spacial score (nSPS) is 22.3. The van der Waals surface area contributed by atoms with Gasteiger partial charge in [0.25, 0.3) is 0 Å². The van der Waals surface area contributed by atoms with E-state index in [1.807, 2.05) is 0 Å². The summed E-state index contributed by atoms with van der Waals surface area (Å²) in [7, 11) is 1.01. The Kier molecular flexibility index (Phi) is 4.41. The number of carbonyl (C=O) groups excluding carboxylic acids is 1. The molecule has 1 aromatic carbocycles. The number of methoxy groups -OCH3 is 1. The lowest BCUT2D eigenvalue weighted by molar-refractivity contribution is -0.00563. The fourth-order valence-corrected chi connectivity index (χ4v) is 2.49. The molecule has 1 fully saturated rings. The number of benzene rings is 1. The second-order valence-electron chi connectivity index (χ2n) is 5.04. The van der Waals surface area contributed by atoms with E-state index in [1.165, 1.54) is 4.90 Å². The van der Waals surface area contributed by atoms with Crippen LogP contribution >= 0.6 is 0 Å². The zero-order chi connectivity index (χ0) is 15.7. The van der Waals surface area contributed by atoms with Crippen molar-refractivity contribution in [3.05, 3.63) is 29.1 Å². The average molecular weight is 303 g/mol. The number of rotatable bonds is 2. The maximum absolute atomic E-state index is 14.2. The Bertz CT molecular complexity index is 555. The van der Waals surface area contributed by atoms with Crippen molar-refractivity contribution in [2.45, 2.75) is 26.1 Å². The van der Waals surface area contributed by atoms with E-state index in [4.69, 9.17) is 4.74 Å². The van der Waals surface area contributed by atoms with Crippen LogP contribution in [0.25, 0.3) is 0 Å². The molecular weight excluding hydrogens is 287 g/mol. The highest BCUT2D eigenvalue weighted by Crippen LogP contribution is 2.30. The molecule has 0 saturated carbocycles. The monoisotopic (exact) mass is 303 g/mol. The minimum absolute atomic E-state index is 0.231. The van der Waals surface area contributed by atoms with Gasteiger partial charge in [0, 0.05) is 13.1 Å². The van der Waals surface area contributed by atoms with Crippen LogP contribution in [0.2, 0.25) is 0 Å². The summed E-state index contributed by atoms with van der Waals surface area (Å²) >= 11 is 0. The van der Waals surface area contributed by atoms with Crippen molar-refractivity contribution in [1.29, 1.82) is 0 Å². The van der Waals surface area contributed by atoms with E-state index in [1.54, 1.807) is 13.8 Å². The first kappa shape index (κ1) is 15.6. The van der Waals surface area contributed by atoms with Crippen LogP contribution < -0.4 is 4.90 Å². The van der Waals surface area contributed by atoms with Crippen molar-refractivity contribution in [3.63, 3.8) is 0 Å². The van der Waals surface area contributed by atoms with Crippen molar-refractivity contribution in [3.8, 4) is 0 Å². The first-order valence-electron chi connectivity index (χ1n) is 6.51. The third kappa shape index (κ3) is 2.97. The van der Waals surface area contributed by atoms with Gasteiger partial charge < -0.3 is 14.4 Å². The summed E-state index contributed by atoms with van der Waals surface area (Å²) in [6.45, 7) is 3.99. The third-order valence-corrected chi connectivity index (χ3v) is 3.28. The lowest BCUT2D eigenvalue weighted by Crippen LogP contribution is -2.46. The molecule has 116 valence electrons. The van der Waals surface area contributed by atoms with Gasteiger partial charge in [0.1, 0.15) is 11.3 Å². The standard InChI is InChI=1S/C14H16F3NO3/c1-7-5-18(6-8(2)21-7)13-10(15)4-9(14(19)20-3)11(16)12(13)17/h4,7-8H,5-6H2,1-3H3/t7-,8+. The number of halogens is 3. The number of carbonyl (C=O) groups is 1. The smallest absolute Gasteiger partial charge is 0.341 e. The highest BCUT2D eigenvalue weighted by molar-refractivity contribution is 5.90. The largest absolute Gasteiger partial charge is 0.465 e. The molecule has 1 aliphatic heterocycles. The number of hydrogen-bond acceptors (Lipinski definition) is 4. The molecule has 7 heteroatoms. The van der Waals surface area contributed by atoms with Crippen LogP contribution in [0.3, 0.4) is 0 Å². The molecule has 2 rings (SSSR count). The Balaban J connectivity index is 2.45. The van der Waals surface area contributed by atoms with Gasteiger partial charge in [-0.05, 0) is 19.9 Å². The van der Waals surface area contributed by atoms with E-state index in [9.17, 15) is 18.0 Å². The molecule has 0 amide bonds. The molecule has 21 heavy (non-hydrogen) atoms. The molecule has 0 aromatic heterocycles. The first-order valence-corrected chi connectivity index (χ1v) is 6.51. The van der Waals surface area contributed by atoms with E-state index in [-0.39, 0.29) is 25.3 Å². The number of ether oxygens (including phenoxy) is 2. The van der Waals surface area contributed by atoms with Gasteiger partial charge in [-0.1, -0.05) is 0 Å². The lowest BCUT2D eigenvalue weighted by Gasteiger charge is -2.37. The molecule has 0 unspecified atom stereocenters. The number of morpholine rings is 1. The highest BCUT2D eigenvalue weighted by Gasteiger charge is 2.30. The molecular formula is C14H16F3NO3. The van der Waals surface area contributed by atoms with Crippen LogP contribution in [0.15, 0.2) is 6.07 Å². The van der Waals surface area contributed by atoms with Crippen LogP contribution in [-0.4, -0.2) is 38.4 Å². The first-order chi connectivity index (χ1) is 9.85. The average Bonchev–Trinajstić information content (AvgIpc) is 2.41. The van der Waals surface area contributed by atoms with Crippen LogP contribution in [0.4, 0.5) is 18.9 Å². The Morgan fingerprint density at radius 3 is 2.33 bits per heavy atom. The maximum Gasteiger partial charge on any atom is 0.341 e. The molecule has 0 radical (unpaired) electrons. The Morgan fingerprint density at radius 1 is 1.24 bits per heavy atom. The maximum atomic E-state index is 14.2. The number of anilines is 1. The predicted octanol–water partition coefficient (Wildman–Crippen LogP) is 2.50. The molecule has 0 N–H and O–H groups in total. The van der Waals surface area contributed by atoms with Gasteiger partial charge in [0.05, 0.1) is 19.3 Å². The van der Waals surface area contributed by atoms with E-state index in [2.05, 4.69) is 4.74 Å². The molecule has 1 aromatic rings. The van der Waals surface area contributed by atoms with E-state index < -0.39 is 34.7 Å². The molecule has 0 bridgehead atoms. The zero-order valence-electron chi connectivity index (χ0n) is 12.0. The van der Waals surface area contributed by atoms with Crippen LogP contribution in [-0.2, 0) is 9.47 Å². The van der Waals surface area contributed by atoms with Crippen molar-refractivity contribution in [2.75, 3.05) is 25.1 Å². The summed E-state index contributed by atoms with van der Waals surface area (Å²) in [5, 5.41) is 0. The van der Waals surface area contributed by atoms with Crippen molar-refractivity contribution >= 4 is 11.7 Å². The lowest BCUT2D eigenvalue weighted by atomic mass is 10.1. The van der Waals surface area contributed by atoms with Crippen LogP contribution in [0.1, 0.15) is 24.2 Å². The number of esters is 1. The SMILES string of the molecule is COC(=O)c1cc(F)c(N2C[C@@H](C)O[C@@H](C)C2)c(F)c1F. The van der Waals surface area contributed by atoms with Gasteiger partial charge in [-0.2, -0.15) is 0 Å². The Morgan fingerprint density at radius 2 is 1.81 bits per heavy atom. The van der Waals surface area contributed by atoms with E-state index in [0.29, 0.717) is 6.07 Å². The third-order valence-electron chi connectivity index (χ3n) is 3.28. The molecule has 4 nitrogen and oxygen atoms in total. The van der Waals surface area contributed by atoms with Gasteiger partial charge in [0.15, 0.2) is 17.5 Å². The van der Waals surface area contributed by atoms with Gasteiger partial charge in [-0.3, -0.25) is 0 Å². The van der Waals surface area contributed by atoms with Gasteiger partial charge in [0.2, 0.25) is 0 Å². The summed E-state index contributed by atoms with van der Waals surface area (Å²) < 4.78 is 52.0. The number of nitrogens with zero attached hydrogens (tertiary/aromatic N) is 1. The molecule has 0 spiro atoms. The summed E-state index contributed by atoms with van der Waals surface area (Å²) in [6.07, 6.45) is -0.480. The molecule has 1 saturated heterocycles. The zero-order valence-corrected chi connectivity index (χ0v) is 12.0. The van der Waals surface area contributed by atoms with Gasteiger partial charge in [-0.25, -0.2) is 18.0 Å². The fraction of sp³-hybridized carbons (Fsp3) is 0.500. The fourth-order valence-electron chi connectivity index (χ4n) is 2.49. The summed E-state index contributed by atoms with van der Waals surface area (Å²) in [5.74, 6) is -4.93. The topological polar surface area (TPSA) is 38.8 Å². The van der Waals surface area contributed by atoms with E-state index >= 15 is 0 Å². The molecule has 1 heterocycles. The van der Waals surface area contributed by atoms with E-state index in [0.717, 1.165) is 7.11 Å². The Hall–Kier alpha value is -1.76. The summed E-state index contributed by atoms with van der Waals surface area (Å²) in [5.41, 5.74) is -1.24. The molecule has 1 aliphatic rings. The van der Waals surface area contributed by atoms with Gasteiger partial charge >= 0.3 is 5.97 Å². The minimum Gasteiger partial charge on any atom is -0.465 e. The second kappa shape index (κ2) is 5.93.